The first-order valence-corrected chi connectivity index (χ1v) is 7.40. The molecule has 5 heteroatoms. The van der Waals surface area contributed by atoms with Crippen molar-refractivity contribution in [3.8, 4) is 0 Å². The number of phosphoric ester groups is 1. The summed E-state index contributed by atoms with van der Waals surface area (Å²) in [5, 5.41) is 0. The van der Waals surface area contributed by atoms with Crippen molar-refractivity contribution in [1.29, 1.82) is 0 Å². The molecule has 0 bridgehead atoms. The normalized spacial score (nSPS) is 17.2. The van der Waals surface area contributed by atoms with Crippen LogP contribution in [0.2, 0.25) is 0 Å². The third-order valence-electron chi connectivity index (χ3n) is 2.75. The third-order valence-corrected chi connectivity index (χ3v) is 3.79. The van der Waals surface area contributed by atoms with Gasteiger partial charge < -0.3 is 4.89 Å². The topological polar surface area (TPSA) is 55.8 Å². The molecule has 0 heterocycles. The molecule has 0 saturated carbocycles. The summed E-state index contributed by atoms with van der Waals surface area (Å²) in [7, 11) is -4.01. The Balaban J connectivity index is 2.53. The largest absolute Gasteiger partial charge is 0.472 e. The number of hydrogen-bond donors (Lipinski definition) is 1. The summed E-state index contributed by atoms with van der Waals surface area (Å²) in [5.74, 6) is 0. The molecule has 1 aromatic carbocycles. The van der Waals surface area contributed by atoms with E-state index in [1.807, 2.05) is 51.1 Å². The van der Waals surface area contributed by atoms with Gasteiger partial charge in [0.05, 0.1) is 12.7 Å². The predicted molar refractivity (Wildman–Crippen MR) is 71.1 cm³/mol. The lowest BCUT2D eigenvalue weighted by atomic mass is 9.91. The maximum atomic E-state index is 11.8. The fourth-order valence-electron chi connectivity index (χ4n) is 1.12. The Morgan fingerprint density at radius 3 is 2.33 bits per heavy atom. The van der Waals surface area contributed by atoms with Crippen LogP contribution in [0.5, 0.6) is 0 Å². The van der Waals surface area contributed by atoms with Crippen molar-refractivity contribution >= 4 is 7.82 Å². The summed E-state index contributed by atoms with van der Waals surface area (Å²) in [5.41, 5.74) is 0.618. The molecule has 18 heavy (non-hydrogen) atoms. The molecule has 1 aromatic rings. The minimum Gasteiger partial charge on any atom is -0.302 e. The molecule has 2 unspecified atom stereocenters. The SMILES string of the molecule is CC(OP(=O)(O)OCc1ccccc1)C(C)(C)C. The van der Waals surface area contributed by atoms with Gasteiger partial charge in [-0.05, 0) is 17.9 Å². The smallest absolute Gasteiger partial charge is 0.302 e. The molecule has 1 rings (SSSR count). The van der Waals surface area contributed by atoms with Crippen molar-refractivity contribution in [2.24, 2.45) is 5.41 Å². The summed E-state index contributed by atoms with van der Waals surface area (Å²) in [4.78, 5) is 9.62. The predicted octanol–water partition coefficient (Wildman–Crippen LogP) is 3.75. The first kappa shape index (κ1) is 15.4. The summed E-state index contributed by atoms with van der Waals surface area (Å²) >= 11 is 0. The second kappa shape index (κ2) is 5.98. The van der Waals surface area contributed by atoms with E-state index in [0.29, 0.717) is 0 Å². The van der Waals surface area contributed by atoms with Gasteiger partial charge in [0.2, 0.25) is 0 Å². The Morgan fingerprint density at radius 1 is 1.28 bits per heavy atom. The van der Waals surface area contributed by atoms with E-state index in [0.717, 1.165) is 5.56 Å². The van der Waals surface area contributed by atoms with Crippen LogP contribution in [0.1, 0.15) is 33.3 Å². The molecule has 2 atom stereocenters. The molecule has 0 fully saturated rings. The molecule has 0 aliphatic heterocycles. The highest BCUT2D eigenvalue weighted by molar-refractivity contribution is 7.47. The zero-order chi connectivity index (χ0) is 13.8. The van der Waals surface area contributed by atoms with Crippen molar-refractivity contribution in [2.75, 3.05) is 0 Å². The second-order valence-electron chi connectivity index (χ2n) is 5.34. The molecular weight excluding hydrogens is 251 g/mol. The Kier molecular flexibility index (Phi) is 5.11. The molecule has 0 radical (unpaired) electrons. The van der Waals surface area contributed by atoms with E-state index in [1.54, 1.807) is 6.92 Å². The van der Waals surface area contributed by atoms with Gasteiger partial charge in [0.1, 0.15) is 0 Å². The van der Waals surface area contributed by atoms with Gasteiger partial charge in [-0.2, -0.15) is 0 Å². The highest BCUT2D eigenvalue weighted by Crippen LogP contribution is 2.47. The van der Waals surface area contributed by atoms with Crippen molar-refractivity contribution in [3.63, 3.8) is 0 Å². The van der Waals surface area contributed by atoms with Crippen LogP contribution in [-0.2, 0) is 20.2 Å². The van der Waals surface area contributed by atoms with Gasteiger partial charge in [-0.25, -0.2) is 4.57 Å². The van der Waals surface area contributed by atoms with Crippen LogP contribution < -0.4 is 0 Å². The second-order valence-corrected chi connectivity index (χ2v) is 6.75. The van der Waals surface area contributed by atoms with Crippen LogP contribution in [0.15, 0.2) is 30.3 Å². The van der Waals surface area contributed by atoms with Crippen LogP contribution in [-0.4, -0.2) is 11.0 Å². The average Bonchev–Trinajstić information content (AvgIpc) is 2.26. The lowest BCUT2D eigenvalue weighted by Gasteiger charge is -2.28. The van der Waals surface area contributed by atoms with Crippen molar-refractivity contribution < 1.29 is 18.5 Å². The molecule has 0 aromatic heterocycles. The molecule has 0 amide bonds. The Labute approximate surface area is 109 Å². The molecule has 0 spiro atoms. The van der Waals surface area contributed by atoms with Crippen LogP contribution in [0.4, 0.5) is 0 Å². The first-order valence-electron chi connectivity index (χ1n) is 5.90. The minimum absolute atomic E-state index is 0.0610. The molecule has 0 aliphatic rings. The number of benzene rings is 1. The zero-order valence-electron chi connectivity index (χ0n) is 11.3. The van der Waals surface area contributed by atoms with Crippen molar-refractivity contribution in [2.45, 2.75) is 40.4 Å². The van der Waals surface area contributed by atoms with E-state index in [1.165, 1.54) is 0 Å². The molecule has 0 aliphatic carbocycles. The van der Waals surface area contributed by atoms with E-state index in [2.05, 4.69) is 0 Å². The van der Waals surface area contributed by atoms with Crippen LogP contribution in [0.3, 0.4) is 0 Å². The summed E-state index contributed by atoms with van der Waals surface area (Å²) in [6, 6.07) is 9.22. The fourth-order valence-corrected chi connectivity index (χ4v) is 2.21. The lowest BCUT2D eigenvalue weighted by molar-refractivity contribution is 0.0494. The molecule has 4 nitrogen and oxygen atoms in total. The molecule has 0 saturated heterocycles. The van der Waals surface area contributed by atoms with E-state index in [9.17, 15) is 9.46 Å². The number of phosphoric acid groups is 1. The lowest BCUT2D eigenvalue weighted by Crippen LogP contribution is -2.25. The van der Waals surface area contributed by atoms with Gasteiger partial charge in [0.15, 0.2) is 0 Å². The maximum absolute atomic E-state index is 11.8. The molecule has 102 valence electrons. The molecule has 1 N–H and O–H groups in total. The summed E-state index contributed by atoms with van der Waals surface area (Å²) in [6.07, 6.45) is -0.371. The Morgan fingerprint density at radius 2 is 1.83 bits per heavy atom. The van der Waals surface area contributed by atoms with Crippen molar-refractivity contribution in [3.05, 3.63) is 35.9 Å². The van der Waals surface area contributed by atoms with E-state index < -0.39 is 7.82 Å². The Hall–Kier alpha value is -0.670. The average molecular weight is 272 g/mol. The van der Waals surface area contributed by atoms with Crippen LogP contribution in [0, 0.1) is 5.41 Å². The zero-order valence-corrected chi connectivity index (χ0v) is 12.2. The quantitative estimate of drug-likeness (QED) is 0.829. The number of rotatable bonds is 5. The van der Waals surface area contributed by atoms with E-state index >= 15 is 0 Å². The van der Waals surface area contributed by atoms with E-state index in [-0.39, 0.29) is 18.1 Å². The monoisotopic (exact) mass is 272 g/mol. The third kappa shape index (κ3) is 5.32. The first-order chi connectivity index (χ1) is 8.21. The highest BCUT2D eigenvalue weighted by atomic mass is 31.2. The van der Waals surface area contributed by atoms with Gasteiger partial charge in [0, 0.05) is 0 Å². The van der Waals surface area contributed by atoms with Gasteiger partial charge in [-0.15, -0.1) is 0 Å². The highest BCUT2D eigenvalue weighted by Gasteiger charge is 2.30. The Bertz CT molecular complexity index is 411. The fraction of sp³-hybridized carbons (Fsp3) is 0.538. The molecular formula is C13H21O4P. The minimum atomic E-state index is -4.01. The van der Waals surface area contributed by atoms with Gasteiger partial charge >= 0.3 is 7.82 Å². The standard InChI is InChI=1S/C13H21O4P/c1-11(13(2,3)4)17-18(14,15)16-10-12-8-6-5-7-9-12/h5-9,11H,10H2,1-4H3,(H,14,15). The van der Waals surface area contributed by atoms with Gasteiger partial charge in [-0.1, -0.05) is 51.1 Å². The van der Waals surface area contributed by atoms with Gasteiger partial charge in [0.25, 0.3) is 0 Å². The number of hydrogen-bond acceptors (Lipinski definition) is 3. The summed E-state index contributed by atoms with van der Waals surface area (Å²) < 4.78 is 21.8. The van der Waals surface area contributed by atoms with E-state index in [4.69, 9.17) is 9.05 Å². The van der Waals surface area contributed by atoms with Gasteiger partial charge in [-0.3, -0.25) is 9.05 Å². The van der Waals surface area contributed by atoms with Crippen LogP contribution >= 0.6 is 7.82 Å². The van der Waals surface area contributed by atoms with Crippen molar-refractivity contribution in [1.82, 2.24) is 0 Å². The van der Waals surface area contributed by atoms with Crippen LogP contribution in [0.25, 0.3) is 0 Å². The summed E-state index contributed by atoms with van der Waals surface area (Å²) in [6.45, 7) is 7.64. The maximum Gasteiger partial charge on any atom is 0.472 e.